The minimum atomic E-state index is -0.101. The summed E-state index contributed by atoms with van der Waals surface area (Å²) in [5.74, 6) is 0. The van der Waals surface area contributed by atoms with Gasteiger partial charge in [-0.15, -0.1) is 0 Å². The van der Waals surface area contributed by atoms with Crippen LogP contribution in [0.25, 0.3) is 54.6 Å². The van der Waals surface area contributed by atoms with E-state index in [4.69, 9.17) is 0 Å². The van der Waals surface area contributed by atoms with Crippen LogP contribution in [0.4, 0.5) is 17.1 Å². The van der Waals surface area contributed by atoms with Crippen molar-refractivity contribution < 1.29 is 0 Å². The molecule has 0 amide bonds. The molecule has 2 aliphatic rings. The Morgan fingerprint density at radius 2 is 0.959 bits per heavy atom. The number of hydrogen-bond acceptors (Lipinski definition) is 1. The van der Waals surface area contributed by atoms with Crippen LogP contribution in [-0.2, 0) is 10.8 Å². The molecule has 0 unspecified atom stereocenters. The van der Waals surface area contributed by atoms with E-state index in [9.17, 15) is 0 Å². The van der Waals surface area contributed by atoms with Crippen molar-refractivity contribution in [2.45, 2.75) is 38.5 Å². The molecule has 0 radical (unpaired) electrons. The zero-order valence-corrected chi connectivity index (χ0v) is 28.4. The molecule has 0 saturated heterocycles. The summed E-state index contributed by atoms with van der Waals surface area (Å²) in [6.07, 6.45) is 0. The fourth-order valence-corrected chi connectivity index (χ4v) is 9.20. The molecular formula is C48H37N. The normalized spacial score (nSPS) is 14.9. The molecule has 0 N–H and O–H groups in total. The van der Waals surface area contributed by atoms with Gasteiger partial charge in [0, 0.05) is 27.5 Å². The molecule has 2 aliphatic carbocycles. The number of anilines is 3. The third-order valence-electron chi connectivity index (χ3n) is 11.6. The third kappa shape index (κ3) is 3.82. The highest BCUT2D eigenvalue weighted by Gasteiger charge is 2.39. The number of nitrogens with zero attached hydrogens (tertiary/aromatic N) is 1. The van der Waals surface area contributed by atoms with Crippen LogP contribution in [0.15, 0.2) is 152 Å². The number of fused-ring (bicyclic) bond motifs is 11. The lowest BCUT2D eigenvalue weighted by Gasteiger charge is -2.31. The highest BCUT2D eigenvalue weighted by atomic mass is 15.1. The first-order chi connectivity index (χ1) is 23.8. The maximum Gasteiger partial charge on any atom is 0.0546 e. The van der Waals surface area contributed by atoms with Crippen molar-refractivity contribution >= 4 is 49.4 Å². The van der Waals surface area contributed by atoms with E-state index in [1.54, 1.807) is 0 Å². The maximum atomic E-state index is 2.56. The van der Waals surface area contributed by atoms with Crippen molar-refractivity contribution in [1.82, 2.24) is 0 Å². The zero-order valence-electron chi connectivity index (χ0n) is 28.4. The van der Waals surface area contributed by atoms with Gasteiger partial charge in [-0.05, 0) is 90.1 Å². The van der Waals surface area contributed by atoms with Crippen molar-refractivity contribution in [3.05, 3.63) is 174 Å². The Labute approximate surface area is 288 Å². The highest BCUT2D eigenvalue weighted by Crippen LogP contribution is 2.56. The Morgan fingerprint density at radius 3 is 1.78 bits per heavy atom. The molecule has 10 rings (SSSR count). The van der Waals surface area contributed by atoms with E-state index in [1.807, 2.05) is 0 Å². The number of benzene rings is 8. The van der Waals surface area contributed by atoms with Gasteiger partial charge in [0.25, 0.3) is 0 Å². The molecule has 0 fully saturated rings. The summed E-state index contributed by atoms with van der Waals surface area (Å²) in [5.41, 5.74) is 14.3. The first-order valence-electron chi connectivity index (χ1n) is 17.5. The summed E-state index contributed by atoms with van der Waals surface area (Å²) >= 11 is 0. The van der Waals surface area contributed by atoms with Gasteiger partial charge in [-0.1, -0.05) is 155 Å². The first-order valence-corrected chi connectivity index (χ1v) is 17.5. The Hall–Kier alpha value is -5.66. The van der Waals surface area contributed by atoms with Crippen molar-refractivity contribution in [3.63, 3.8) is 0 Å². The molecule has 0 spiro atoms. The van der Waals surface area contributed by atoms with Crippen LogP contribution in [-0.4, -0.2) is 0 Å². The van der Waals surface area contributed by atoms with Gasteiger partial charge in [0.1, 0.15) is 0 Å². The molecule has 0 atom stereocenters. The minimum absolute atomic E-state index is 0.0548. The Kier molecular flexibility index (Phi) is 5.75. The lowest BCUT2D eigenvalue weighted by Crippen LogP contribution is -2.17. The van der Waals surface area contributed by atoms with E-state index < -0.39 is 0 Å². The topological polar surface area (TPSA) is 3.24 Å². The molecule has 0 aliphatic heterocycles. The van der Waals surface area contributed by atoms with Gasteiger partial charge in [-0.2, -0.15) is 0 Å². The number of rotatable bonds is 3. The summed E-state index contributed by atoms with van der Waals surface area (Å²) in [6.45, 7) is 9.47. The van der Waals surface area contributed by atoms with Crippen molar-refractivity contribution in [1.29, 1.82) is 0 Å². The van der Waals surface area contributed by atoms with E-state index in [0.717, 1.165) is 0 Å². The number of hydrogen-bond donors (Lipinski definition) is 0. The predicted octanol–water partition coefficient (Wildman–Crippen LogP) is 13.2. The summed E-state index contributed by atoms with van der Waals surface area (Å²) in [7, 11) is 0. The second-order valence-corrected chi connectivity index (χ2v) is 14.9. The smallest absolute Gasteiger partial charge is 0.0546 e. The molecule has 49 heavy (non-hydrogen) atoms. The second-order valence-electron chi connectivity index (χ2n) is 14.9. The molecule has 1 heteroatoms. The van der Waals surface area contributed by atoms with Crippen LogP contribution in [0.5, 0.6) is 0 Å². The van der Waals surface area contributed by atoms with Crippen LogP contribution in [0.1, 0.15) is 49.9 Å². The summed E-state index contributed by atoms with van der Waals surface area (Å²) in [4.78, 5) is 2.56. The Morgan fingerprint density at radius 1 is 0.367 bits per heavy atom. The standard InChI is InChI=1S/C48H37N/c1-47(2)40-20-11-9-17-35(40)39-28-31(25-27-42(39)47)49(44-23-13-22-43-46(44)37-19-10-12-21-41(37)48(43,3)4)45-29-38-32-15-6-5-14-30(32)24-26-34(38)33-16-7-8-18-36(33)45/h5-29H,1-4H3. The Balaban J connectivity index is 1.34. The van der Waals surface area contributed by atoms with Crippen LogP contribution in [0.3, 0.4) is 0 Å². The van der Waals surface area contributed by atoms with E-state index in [2.05, 4.69) is 184 Å². The van der Waals surface area contributed by atoms with E-state index in [0.29, 0.717) is 0 Å². The largest absolute Gasteiger partial charge is 0.309 e. The van der Waals surface area contributed by atoms with Crippen LogP contribution < -0.4 is 4.90 Å². The Bertz CT molecular complexity index is 2670. The quantitative estimate of drug-likeness (QED) is 0.176. The van der Waals surface area contributed by atoms with Crippen molar-refractivity contribution in [2.75, 3.05) is 4.90 Å². The van der Waals surface area contributed by atoms with Crippen molar-refractivity contribution in [3.8, 4) is 22.3 Å². The summed E-state index contributed by atoms with van der Waals surface area (Å²) in [6, 6.07) is 56.9. The van der Waals surface area contributed by atoms with Gasteiger partial charge >= 0.3 is 0 Å². The average molecular weight is 628 g/mol. The molecule has 0 saturated carbocycles. The molecule has 8 aromatic rings. The monoisotopic (exact) mass is 627 g/mol. The fraction of sp³-hybridized carbons (Fsp3) is 0.125. The van der Waals surface area contributed by atoms with Gasteiger partial charge < -0.3 is 4.90 Å². The predicted molar refractivity (Wildman–Crippen MR) is 209 cm³/mol. The minimum Gasteiger partial charge on any atom is -0.309 e. The average Bonchev–Trinajstić information content (AvgIpc) is 3.51. The van der Waals surface area contributed by atoms with Crippen LogP contribution in [0, 0.1) is 0 Å². The molecule has 234 valence electrons. The van der Waals surface area contributed by atoms with E-state index >= 15 is 0 Å². The molecule has 0 aromatic heterocycles. The van der Waals surface area contributed by atoms with Crippen molar-refractivity contribution in [2.24, 2.45) is 0 Å². The lowest BCUT2D eigenvalue weighted by molar-refractivity contribution is 0.660. The molecule has 0 heterocycles. The second kappa shape index (κ2) is 9.94. The molecule has 0 bridgehead atoms. The summed E-state index contributed by atoms with van der Waals surface area (Å²) < 4.78 is 0. The van der Waals surface area contributed by atoms with Crippen LogP contribution in [0.2, 0.25) is 0 Å². The molecule has 1 nitrogen and oxygen atoms in total. The third-order valence-corrected chi connectivity index (χ3v) is 11.6. The molecular weight excluding hydrogens is 591 g/mol. The SMILES string of the molecule is CC1(C)c2ccccc2-c2cc(N(c3cccc4c3-c3ccccc3C4(C)C)c3cc4c5ccccc5ccc4c4ccccc34)ccc21. The highest BCUT2D eigenvalue weighted by molar-refractivity contribution is 6.21. The van der Waals surface area contributed by atoms with E-state index in [-0.39, 0.29) is 10.8 Å². The van der Waals surface area contributed by atoms with E-state index in [1.165, 1.54) is 93.9 Å². The maximum absolute atomic E-state index is 2.56. The van der Waals surface area contributed by atoms with Crippen LogP contribution >= 0.6 is 0 Å². The summed E-state index contributed by atoms with van der Waals surface area (Å²) in [5, 5.41) is 7.61. The lowest BCUT2D eigenvalue weighted by atomic mass is 9.82. The zero-order chi connectivity index (χ0) is 33.1. The van der Waals surface area contributed by atoms with Gasteiger partial charge in [-0.3, -0.25) is 0 Å². The fourth-order valence-electron chi connectivity index (χ4n) is 9.20. The van der Waals surface area contributed by atoms with Gasteiger partial charge in [0.05, 0.1) is 11.4 Å². The van der Waals surface area contributed by atoms with Gasteiger partial charge in [0.15, 0.2) is 0 Å². The van der Waals surface area contributed by atoms with Gasteiger partial charge in [-0.25, -0.2) is 0 Å². The first kappa shape index (κ1) is 28.4. The molecule has 8 aromatic carbocycles. The van der Waals surface area contributed by atoms with Gasteiger partial charge in [0.2, 0.25) is 0 Å².